The summed E-state index contributed by atoms with van der Waals surface area (Å²) in [6.45, 7) is 0. The molecular weight excluding hydrogens is 783 g/mol. The van der Waals surface area contributed by atoms with E-state index >= 15 is 0 Å². The number of hydrogen-bond acceptors (Lipinski definition) is 5. The summed E-state index contributed by atoms with van der Waals surface area (Å²) in [7, 11) is 0. The van der Waals surface area contributed by atoms with Gasteiger partial charge in [0.05, 0.1) is 58.2 Å². The van der Waals surface area contributed by atoms with Crippen molar-refractivity contribution in [1.82, 2.24) is 29.1 Å². The summed E-state index contributed by atoms with van der Waals surface area (Å²) in [4.78, 5) is 19.8. The van der Waals surface area contributed by atoms with Gasteiger partial charge < -0.3 is 9.13 Å². The summed E-state index contributed by atoms with van der Waals surface area (Å²) in [5.41, 5.74) is 11.4. The lowest BCUT2D eigenvalue weighted by Gasteiger charge is -2.27. The van der Waals surface area contributed by atoms with Crippen molar-refractivity contribution in [3.63, 3.8) is 0 Å². The predicted molar refractivity (Wildman–Crippen MR) is 260 cm³/mol. The molecule has 8 aromatic carbocycles. The monoisotopic (exact) mass is 813 g/mol. The number of nitrogens with zero attached hydrogens (tertiary/aromatic N) is 7. The summed E-state index contributed by atoms with van der Waals surface area (Å²) in [6.07, 6.45) is 15.7. The SMILES string of the molecule is N#Cc1c(-n2c3cncc4c5ccccc5c5cncc2c5c43)c(-c2ccccc2)c(-c2ccccc2)c(-c2ccccc2)c1-n1c2cncc3c4ccccc4c4cncc1c4c32. The van der Waals surface area contributed by atoms with Gasteiger partial charge in [0.15, 0.2) is 0 Å². The van der Waals surface area contributed by atoms with Gasteiger partial charge in [0.1, 0.15) is 11.6 Å². The van der Waals surface area contributed by atoms with Crippen molar-refractivity contribution in [1.29, 1.82) is 5.26 Å². The van der Waals surface area contributed by atoms with E-state index in [2.05, 4.69) is 143 Å². The zero-order valence-corrected chi connectivity index (χ0v) is 34.0. The zero-order chi connectivity index (χ0) is 42.0. The van der Waals surface area contributed by atoms with Crippen LogP contribution in [0, 0.1) is 11.3 Å². The third kappa shape index (κ3) is 4.47. The van der Waals surface area contributed by atoms with Crippen molar-refractivity contribution in [2.75, 3.05) is 0 Å². The molecule has 0 fully saturated rings. The van der Waals surface area contributed by atoms with Gasteiger partial charge in [-0.15, -0.1) is 0 Å². The quantitative estimate of drug-likeness (QED) is 0.162. The van der Waals surface area contributed by atoms with Crippen LogP contribution in [0.1, 0.15) is 5.56 Å². The van der Waals surface area contributed by atoms with E-state index in [-0.39, 0.29) is 0 Å². The normalized spacial score (nSPS) is 12.0. The Hall–Kier alpha value is -8.99. The van der Waals surface area contributed by atoms with Crippen LogP contribution >= 0.6 is 0 Å². The lowest BCUT2D eigenvalue weighted by atomic mass is 9.82. The highest BCUT2D eigenvalue weighted by Gasteiger charge is 2.33. The first kappa shape index (κ1) is 34.7. The first-order chi connectivity index (χ1) is 31.8. The average molecular weight is 814 g/mol. The minimum atomic E-state index is 0.495. The number of hydrogen-bond donors (Lipinski definition) is 0. The topological polar surface area (TPSA) is 85.2 Å². The molecule has 0 aliphatic rings. The van der Waals surface area contributed by atoms with Crippen LogP contribution in [0.25, 0.3) is 131 Å². The fourth-order valence-corrected chi connectivity index (χ4v) is 10.9. The van der Waals surface area contributed by atoms with Gasteiger partial charge in [-0.3, -0.25) is 19.9 Å². The van der Waals surface area contributed by atoms with E-state index in [1.165, 1.54) is 0 Å². The molecule has 6 aromatic heterocycles. The van der Waals surface area contributed by atoms with Crippen molar-refractivity contribution < 1.29 is 0 Å². The molecule has 64 heavy (non-hydrogen) atoms. The Morgan fingerprint density at radius 3 is 0.891 bits per heavy atom. The van der Waals surface area contributed by atoms with Crippen LogP contribution in [0.2, 0.25) is 0 Å². The molecule has 0 radical (unpaired) electrons. The van der Waals surface area contributed by atoms with Crippen LogP contribution in [0.4, 0.5) is 0 Å². The fourth-order valence-electron chi connectivity index (χ4n) is 10.9. The molecule has 0 bridgehead atoms. The van der Waals surface area contributed by atoms with Gasteiger partial charge in [-0.2, -0.15) is 5.26 Å². The van der Waals surface area contributed by atoms with Gasteiger partial charge in [-0.1, -0.05) is 140 Å². The van der Waals surface area contributed by atoms with Crippen LogP contribution < -0.4 is 0 Å². The second kappa shape index (κ2) is 13.0. The van der Waals surface area contributed by atoms with Crippen LogP contribution in [0.3, 0.4) is 0 Å². The second-order valence-electron chi connectivity index (χ2n) is 16.5. The van der Waals surface area contributed by atoms with Crippen LogP contribution in [0.5, 0.6) is 0 Å². The van der Waals surface area contributed by atoms with Crippen molar-refractivity contribution in [3.05, 3.63) is 195 Å². The largest absolute Gasteiger partial charge is 0.304 e. The molecule has 0 aliphatic carbocycles. The Morgan fingerprint density at radius 2 is 0.594 bits per heavy atom. The van der Waals surface area contributed by atoms with Gasteiger partial charge in [0.2, 0.25) is 0 Å². The lowest BCUT2D eigenvalue weighted by molar-refractivity contribution is 1.11. The summed E-state index contributed by atoms with van der Waals surface area (Å²) >= 11 is 0. The summed E-state index contributed by atoms with van der Waals surface area (Å²) in [5, 5.41) is 25.3. The van der Waals surface area contributed by atoms with E-state index in [9.17, 15) is 5.26 Å². The molecule has 0 unspecified atom stereocenters. The highest BCUT2D eigenvalue weighted by Crippen LogP contribution is 2.54. The number of fused-ring (bicyclic) bond motifs is 6. The Labute approximate surface area is 365 Å². The highest BCUT2D eigenvalue weighted by atomic mass is 15.0. The van der Waals surface area contributed by atoms with Crippen molar-refractivity contribution in [3.8, 4) is 50.8 Å². The van der Waals surface area contributed by atoms with Gasteiger partial charge in [-0.05, 0) is 38.2 Å². The fraction of sp³-hybridized carbons (Fsp3) is 0. The van der Waals surface area contributed by atoms with Crippen molar-refractivity contribution in [2.24, 2.45) is 0 Å². The number of nitriles is 1. The molecule has 0 N–H and O–H groups in total. The van der Waals surface area contributed by atoms with E-state index in [0.29, 0.717) is 5.56 Å². The minimum Gasteiger partial charge on any atom is -0.304 e. The third-order valence-corrected chi connectivity index (χ3v) is 13.4. The van der Waals surface area contributed by atoms with Gasteiger partial charge in [-0.25, -0.2) is 0 Å². The molecule has 6 heterocycles. The molecule has 0 saturated carbocycles. The van der Waals surface area contributed by atoms with E-state index in [4.69, 9.17) is 19.9 Å². The molecule has 0 spiro atoms. The number of aromatic nitrogens is 6. The Balaban J connectivity index is 1.30. The molecule has 0 atom stereocenters. The maximum Gasteiger partial charge on any atom is 0.104 e. The molecule has 7 nitrogen and oxygen atoms in total. The van der Waals surface area contributed by atoms with E-state index in [0.717, 1.165) is 131 Å². The van der Waals surface area contributed by atoms with Crippen LogP contribution in [0.15, 0.2) is 189 Å². The summed E-state index contributed by atoms with van der Waals surface area (Å²) in [5.74, 6) is 0. The number of benzene rings is 8. The first-order valence-electron chi connectivity index (χ1n) is 21.3. The standard InChI is InChI=1S/C57H31N7/c58-24-40-56(63-45-29-59-25-41-36-20-10-11-21-37(36)42-26-60-30-46(63)53(42)52(41)45)50(34-16-6-2-7-17-34)49(33-14-4-1-5-15-33)51(35-18-8-3-9-19-35)57(40)64-47-31-61-27-43-38-22-12-13-23-39(38)44-28-62-32-48(64)55(44)54(43)47/h1-23,25-32H. The smallest absolute Gasteiger partial charge is 0.104 e. The van der Waals surface area contributed by atoms with E-state index in [1.807, 2.05) is 61.7 Å². The van der Waals surface area contributed by atoms with Gasteiger partial charge >= 0.3 is 0 Å². The molecule has 0 amide bonds. The lowest BCUT2D eigenvalue weighted by Crippen LogP contribution is -2.11. The van der Waals surface area contributed by atoms with Gasteiger partial charge in [0, 0.05) is 84.6 Å². The Kier molecular flexibility index (Phi) is 7.05. The van der Waals surface area contributed by atoms with Crippen LogP contribution in [-0.2, 0) is 0 Å². The summed E-state index contributed by atoms with van der Waals surface area (Å²) in [6, 6.07) is 51.5. The highest BCUT2D eigenvalue weighted by molar-refractivity contribution is 6.35. The average Bonchev–Trinajstić information content (AvgIpc) is 3.89. The number of pyridine rings is 4. The van der Waals surface area contributed by atoms with E-state index in [1.54, 1.807) is 0 Å². The second-order valence-corrected chi connectivity index (χ2v) is 16.5. The maximum absolute atomic E-state index is 12.3. The van der Waals surface area contributed by atoms with E-state index < -0.39 is 0 Å². The molecular formula is C57H31N7. The summed E-state index contributed by atoms with van der Waals surface area (Å²) < 4.78 is 4.54. The van der Waals surface area contributed by atoms with Crippen LogP contribution in [-0.4, -0.2) is 29.1 Å². The Morgan fingerprint density at radius 1 is 0.312 bits per heavy atom. The first-order valence-corrected chi connectivity index (χ1v) is 21.3. The molecule has 0 saturated heterocycles. The molecule has 7 heteroatoms. The maximum atomic E-state index is 12.3. The molecule has 14 rings (SSSR count). The molecule has 294 valence electrons. The zero-order valence-electron chi connectivity index (χ0n) is 34.0. The molecule has 0 aliphatic heterocycles. The number of rotatable bonds is 5. The minimum absolute atomic E-state index is 0.495. The van der Waals surface area contributed by atoms with Crippen molar-refractivity contribution >= 4 is 86.7 Å². The third-order valence-electron chi connectivity index (χ3n) is 13.4. The van der Waals surface area contributed by atoms with Gasteiger partial charge in [0.25, 0.3) is 0 Å². The molecule has 14 aromatic rings. The van der Waals surface area contributed by atoms with Crippen molar-refractivity contribution in [2.45, 2.75) is 0 Å². The predicted octanol–water partition coefficient (Wildman–Crippen LogP) is 13.8. The Bertz CT molecular complexity index is 3820.